The predicted octanol–water partition coefficient (Wildman–Crippen LogP) is 1.21. The molecule has 98 valence electrons. The van der Waals surface area contributed by atoms with E-state index in [0.29, 0.717) is 18.7 Å². The van der Waals surface area contributed by atoms with Crippen LogP contribution in [-0.2, 0) is 11.8 Å². The van der Waals surface area contributed by atoms with Gasteiger partial charge >= 0.3 is 6.03 Å². The molecule has 1 aromatic carbocycles. The quantitative estimate of drug-likeness (QED) is 0.754. The summed E-state index contributed by atoms with van der Waals surface area (Å²) in [5.74, 6) is -0.241. The van der Waals surface area contributed by atoms with E-state index in [1.807, 2.05) is 29.9 Å². The Morgan fingerprint density at radius 1 is 1.32 bits per heavy atom. The number of hydrogen-bond donors (Lipinski definition) is 2. The number of urea groups is 1. The van der Waals surface area contributed by atoms with Gasteiger partial charge in [-0.25, -0.2) is 4.79 Å². The minimum absolute atomic E-state index is 0.241. The standard InChI is InChI=1S/C13H14N4O2/c1-16-4-2-9-10(16)6-8(14)7-11(9)17-5-3-12(18)15-13(17)19/h2,4,6-7H,3,5,14H2,1H3,(H,15,18,19). The molecule has 3 rings (SSSR count). The first-order chi connectivity index (χ1) is 9.06. The van der Waals surface area contributed by atoms with Crippen LogP contribution in [0.5, 0.6) is 0 Å². The molecule has 0 aliphatic carbocycles. The first kappa shape index (κ1) is 11.6. The van der Waals surface area contributed by atoms with Crippen molar-refractivity contribution in [1.29, 1.82) is 0 Å². The maximum atomic E-state index is 11.9. The number of benzene rings is 1. The number of imide groups is 1. The summed E-state index contributed by atoms with van der Waals surface area (Å²) in [5, 5.41) is 3.26. The van der Waals surface area contributed by atoms with Crippen LogP contribution < -0.4 is 16.0 Å². The Hall–Kier alpha value is -2.50. The van der Waals surface area contributed by atoms with Crippen LogP contribution in [0, 0.1) is 0 Å². The SMILES string of the molecule is Cn1ccc2c(N3CCC(=O)NC3=O)cc(N)cc21. The molecular formula is C13H14N4O2. The van der Waals surface area contributed by atoms with Crippen LogP contribution in [0.15, 0.2) is 24.4 Å². The van der Waals surface area contributed by atoms with E-state index >= 15 is 0 Å². The van der Waals surface area contributed by atoms with Gasteiger partial charge in [-0.1, -0.05) is 0 Å². The van der Waals surface area contributed by atoms with Gasteiger partial charge in [-0.15, -0.1) is 0 Å². The van der Waals surface area contributed by atoms with Crippen LogP contribution in [-0.4, -0.2) is 23.1 Å². The van der Waals surface area contributed by atoms with Crippen LogP contribution in [0.1, 0.15) is 6.42 Å². The summed E-state index contributed by atoms with van der Waals surface area (Å²) in [6.07, 6.45) is 2.22. The zero-order valence-corrected chi connectivity index (χ0v) is 10.5. The average Bonchev–Trinajstić information content (AvgIpc) is 2.71. The number of anilines is 2. The van der Waals surface area contributed by atoms with Crippen molar-refractivity contribution in [1.82, 2.24) is 9.88 Å². The summed E-state index contributed by atoms with van der Waals surface area (Å²) in [6, 6.07) is 5.17. The van der Waals surface area contributed by atoms with Gasteiger partial charge in [0.15, 0.2) is 0 Å². The first-order valence-electron chi connectivity index (χ1n) is 6.02. The van der Waals surface area contributed by atoms with Crippen molar-refractivity contribution in [2.75, 3.05) is 17.2 Å². The first-order valence-corrected chi connectivity index (χ1v) is 6.02. The lowest BCUT2D eigenvalue weighted by Gasteiger charge is -2.27. The van der Waals surface area contributed by atoms with Crippen LogP contribution in [0.3, 0.4) is 0 Å². The van der Waals surface area contributed by atoms with Crippen molar-refractivity contribution in [2.24, 2.45) is 7.05 Å². The van der Waals surface area contributed by atoms with Gasteiger partial charge in [0.25, 0.3) is 0 Å². The van der Waals surface area contributed by atoms with Crippen molar-refractivity contribution in [2.45, 2.75) is 6.42 Å². The second-order valence-electron chi connectivity index (χ2n) is 4.65. The van der Waals surface area contributed by atoms with E-state index in [9.17, 15) is 9.59 Å². The molecule has 0 radical (unpaired) electrons. The fourth-order valence-electron chi connectivity index (χ4n) is 2.39. The Morgan fingerprint density at radius 2 is 2.11 bits per heavy atom. The summed E-state index contributed by atoms with van der Waals surface area (Å²) >= 11 is 0. The Balaban J connectivity index is 2.14. The lowest BCUT2D eigenvalue weighted by atomic mass is 10.1. The van der Waals surface area contributed by atoms with Gasteiger partial charge in [-0.2, -0.15) is 0 Å². The number of nitrogen functional groups attached to an aromatic ring is 1. The molecule has 1 saturated heterocycles. The molecular weight excluding hydrogens is 244 g/mol. The molecule has 2 heterocycles. The minimum Gasteiger partial charge on any atom is -0.399 e. The summed E-state index contributed by atoms with van der Waals surface area (Å²) in [4.78, 5) is 24.7. The lowest BCUT2D eigenvalue weighted by molar-refractivity contribution is -0.120. The molecule has 2 aromatic rings. The Labute approximate surface area is 109 Å². The maximum absolute atomic E-state index is 11.9. The summed E-state index contributed by atoms with van der Waals surface area (Å²) in [6.45, 7) is 0.373. The number of nitrogens with zero attached hydrogens (tertiary/aromatic N) is 2. The number of rotatable bonds is 1. The molecule has 0 spiro atoms. The Morgan fingerprint density at radius 3 is 2.84 bits per heavy atom. The largest absolute Gasteiger partial charge is 0.399 e. The van der Waals surface area contributed by atoms with Crippen LogP contribution in [0.25, 0.3) is 10.9 Å². The molecule has 1 fully saturated rings. The highest BCUT2D eigenvalue weighted by molar-refractivity contribution is 6.10. The van der Waals surface area contributed by atoms with Crippen LogP contribution >= 0.6 is 0 Å². The number of amides is 3. The van der Waals surface area contributed by atoms with E-state index in [4.69, 9.17) is 5.73 Å². The number of carbonyl (C=O) groups excluding carboxylic acids is 2. The van der Waals surface area contributed by atoms with E-state index in [1.54, 1.807) is 11.0 Å². The molecule has 19 heavy (non-hydrogen) atoms. The normalized spacial score (nSPS) is 15.9. The molecule has 1 aromatic heterocycles. The van der Waals surface area contributed by atoms with Gasteiger partial charge < -0.3 is 10.3 Å². The maximum Gasteiger partial charge on any atom is 0.328 e. The van der Waals surface area contributed by atoms with Gasteiger partial charge in [-0.3, -0.25) is 15.0 Å². The molecule has 0 unspecified atom stereocenters. The van der Waals surface area contributed by atoms with Crippen LogP contribution in [0.2, 0.25) is 0 Å². The molecule has 6 nitrogen and oxygen atoms in total. The summed E-state index contributed by atoms with van der Waals surface area (Å²) < 4.78 is 1.95. The topological polar surface area (TPSA) is 80.4 Å². The molecule has 1 aliphatic heterocycles. The Kier molecular flexibility index (Phi) is 2.45. The number of nitrogens with one attached hydrogen (secondary N) is 1. The van der Waals surface area contributed by atoms with E-state index in [-0.39, 0.29) is 5.91 Å². The van der Waals surface area contributed by atoms with Gasteiger partial charge in [0, 0.05) is 37.3 Å². The van der Waals surface area contributed by atoms with Gasteiger partial charge in [0.2, 0.25) is 5.91 Å². The number of aromatic nitrogens is 1. The van der Waals surface area contributed by atoms with E-state index < -0.39 is 6.03 Å². The number of carbonyl (C=O) groups is 2. The highest BCUT2D eigenvalue weighted by Crippen LogP contribution is 2.31. The molecule has 6 heteroatoms. The smallest absolute Gasteiger partial charge is 0.328 e. The molecule has 0 atom stereocenters. The third kappa shape index (κ3) is 1.81. The monoisotopic (exact) mass is 258 g/mol. The second-order valence-corrected chi connectivity index (χ2v) is 4.65. The zero-order chi connectivity index (χ0) is 13.6. The minimum atomic E-state index is -0.396. The summed E-state index contributed by atoms with van der Waals surface area (Å²) in [5.41, 5.74) is 8.18. The van der Waals surface area contributed by atoms with Gasteiger partial charge in [0.1, 0.15) is 0 Å². The zero-order valence-electron chi connectivity index (χ0n) is 10.5. The van der Waals surface area contributed by atoms with Gasteiger partial charge in [0.05, 0.1) is 11.2 Å². The predicted molar refractivity (Wildman–Crippen MR) is 72.8 cm³/mol. The van der Waals surface area contributed by atoms with Crippen molar-refractivity contribution >= 4 is 34.2 Å². The van der Waals surface area contributed by atoms with E-state index in [0.717, 1.165) is 16.6 Å². The van der Waals surface area contributed by atoms with Crippen molar-refractivity contribution in [3.05, 3.63) is 24.4 Å². The molecule has 0 saturated carbocycles. The van der Waals surface area contributed by atoms with Crippen molar-refractivity contribution in [3.8, 4) is 0 Å². The molecule has 1 aliphatic rings. The fourth-order valence-corrected chi connectivity index (χ4v) is 2.39. The number of fused-ring (bicyclic) bond motifs is 1. The average molecular weight is 258 g/mol. The number of nitrogens with two attached hydrogens (primary N) is 1. The van der Waals surface area contributed by atoms with Crippen molar-refractivity contribution in [3.63, 3.8) is 0 Å². The second kappa shape index (κ2) is 4.01. The van der Waals surface area contributed by atoms with E-state index in [1.165, 1.54) is 0 Å². The Bertz CT molecular complexity index is 689. The van der Waals surface area contributed by atoms with Gasteiger partial charge in [-0.05, 0) is 18.2 Å². The number of hydrogen-bond acceptors (Lipinski definition) is 3. The molecule has 3 amide bonds. The lowest BCUT2D eigenvalue weighted by Crippen LogP contribution is -2.49. The molecule has 0 bridgehead atoms. The summed E-state index contributed by atoms with van der Waals surface area (Å²) in [7, 11) is 1.92. The van der Waals surface area contributed by atoms with E-state index in [2.05, 4.69) is 5.32 Å². The van der Waals surface area contributed by atoms with Crippen molar-refractivity contribution < 1.29 is 9.59 Å². The highest BCUT2D eigenvalue weighted by Gasteiger charge is 2.26. The third-order valence-corrected chi connectivity index (χ3v) is 3.35. The number of aryl methyl sites for hydroxylation is 1. The fraction of sp³-hybridized carbons (Fsp3) is 0.231. The van der Waals surface area contributed by atoms with Crippen LogP contribution in [0.4, 0.5) is 16.2 Å². The molecule has 3 N–H and O–H groups in total. The third-order valence-electron chi connectivity index (χ3n) is 3.35. The highest BCUT2D eigenvalue weighted by atomic mass is 16.2.